The Morgan fingerprint density at radius 2 is 1.73 bits per heavy atom. The Kier molecular flexibility index (Phi) is 1.94. The van der Waals surface area contributed by atoms with E-state index in [1.807, 2.05) is 51.1 Å². The minimum absolute atomic E-state index is 0.153. The summed E-state index contributed by atoms with van der Waals surface area (Å²) in [6, 6.07) is 9.93. The molecule has 0 heterocycles. The minimum atomic E-state index is -0.689. The van der Waals surface area contributed by atoms with Gasteiger partial charge in [-0.25, -0.2) is 0 Å². The maximum atomic E-state index is 11.2. The van der Waals surface area contributed by atoms with Gasteiger partial charge in [-0.05, 0) is 11.0 Å². The van der Waals surface area contributed by atoms with Crippen molar-refractivity contribution in [2.45, 2.75) is 26.2 Å². The summed E-state index contributed by atoms with van der Waals surface area (Å²) in [6.07, 6.45) is 0. The first kappa shape index (κ1) is 10.2. The highest BCUT2D eigenvalue weighted by Gasteiger charge is 2.72. The molecule has 0 spiro atoms. The van der Waals surface area contributed by atoms with Crippen molar-refractivity contribution in [2.75, 3.05) is 0 Å². The SMILES string of the molecule is CC1(C)[C@@H](C(=O)O)[C@]1(C)c1ccccc1. The molecule has 1 N–H and O–H groups in total. The number of hydrogen-bond acceptors (Lipinski definition) is 1. The van der Waals surface area contributed by atoms with Crippen LogP contribution in [0, 0.1) is 11.3 Å². The van der Waals surface area contributed by atoms with Gasteiger partial charge in [0.1, 0.15) is 0 Å². The summed E-state index contributed by atoms with van der Waals surface area (Å²) in [5.74, 6) is -0.959. The molecule has 1 aromatic carbocycles. The molecule has 0 aliphatic heterocycles. The Hall–Kier alpha value is -1.31. The van der Waals surface area contributed by atoms with E-state index in [0.717, 1.165) is 5.56 Å². The summed E-state index contributed by atoms with van der Waals surface area (Å²) in [7, 11) is 0. The quantitative estimate of drug-likeness (QED) is 0.804. The van der Waals surface area contributed by atoms with Gasteiger partial charge in [-0.2, -0.15) is 0 Å². The van der Waals surface area contributed by atoms with Crippen LogP contribution < -0.4 is 0 Å². The fraction of sp³-hybridized carbons (Fsp3) is 0.462. The number of aliphatic carboxylic acids is 1. The van der Waals surface area contributed by atoms with Crippen LogP contribution in [-0.2, 0) is 10.2 Å². The highest BCUT2D eigenvalue weighted by molar-refractivity contribution is 5.79. The van der Waals surface area contributed by atoms with E-state index in [4.69, 9.17) is 0 Å². The molecule has 2 nitrogen and oxygen atoms in total. The molecule has 1 aromatic rings. The smallest absolute Gasteiger partial charge is 0.307 e. The molecule has 0 bridgehead atoms. The lowest BCUT2D eigenvalue weighted by Crippen LogP contribution is -2.11. The monoisotopic (exact) mass is 204 g/mol. The number of carbonyl (C=O) groups is 1. The third-order valence-corrected chi connectivity index (χ3v) is 4.17. The normalized spacial score (nSPS) is 32.3. The second kappa shape index (κ2) is 2.84. The third kappa shape index (κ3) is 1.14. The summed E-state index contributed by atoms with van der Waals surface area (Å²) in [6.45, 7) is 6.10. The Balaban J connectivity index is 2.43. The lowest BCUT2D eigenvalue weighted by atomic mass is 9.90. The molecule has 80 valence electrons. The van der Waals surface area contributed by atoms with E-state index >= 15 is 0 Å². The fourth-order valence-electron chi connectivity index (χ4n) is 2.86. The Bertz CT molecular complexity index is 394. The molecule has 2 atom stereocenters. The average Bonchev–Trinajstić information content (AvgIpc) is 2.64. The van der Waals surface area contributed by atoms with Crippen molar-refractivity contribution in [1.29, 1.82) is 0 Å². The van der Waals surface area contributed by atoms with Crippen LogP contribution in [-0.4, -0.2) is 11.1 Å². The van der Waals surface area contributed by atoms with Gasteiger partial charge >= 0.3 is 5.97 Å². The molecule has 1 fully saturated rings. The molecule has 0 radical (unpaired) electrons. The summed E-state index contributed by atoms with van der Waals surface area (Å²) in [5.41, 5.74) is 0.753. The number of carboxylic acids is 1. The van der Waals surface area contributed by atoms with E-state index in [1.165, 1.54) is 0 Å². The fourth-order valence-corrected chi connectivity index (χ4v) is 2.86. The molecule has 1 aliphatic rings. The highest BCUT2D eigenvalue weighted by Crippen LogP contribution is 2.69. The predicted molar refractivity (Wildman–Crippen MR) is 58.7 cm³/mol. The minimum Gasteiger partial charge on any atom is -0.481 e. The second-order valence-corrected chi connectivity index (χ2v) is 5.06. The third-order valence-electron chi connectivity index (χ3n) is 4.17. The first-order chi connectivity index (χ1) is 6.92. The number of hydrogen-bond donors (Lipinski definition) is 1. The van der Waals surface area contributed by atoms with Crippen molar-refractivity contribution in [2.24, 2.45) is 11.3 Å². The van der Waals surface area contributed by atoms with E-state index in [-0.39, 0.29) is 16.7 Å². The summed E-state index contributed by atoms with van der Waals surface area (Å²) >= 11 is 0. The first-order valence-electron chi connectivity index (χ1n) is 5.20. The van der Waals surface area contributed by atoms with Gasteiger partial charge in [0.15, 0.2) is 0 Å². The number of benzene rings is 1. The van der Waals surface area contributed by atoms with E-state index in [1.54, 1.807) is 0 Å². The maximum absolute atomic E-state index is 11.2. The zero-order chi connectivity index (χ0) is 11.3. The van der Waals surface area contributed by atoms with Gasteiger partial charge in [0, 0.05) is 5.41 Å². The van der Waals surface area contributed by atoms with Gasteiger partial charge < -0.3 is 5.11 Å². The first-order valence-corrected chi connectivity index (χ1v) is 5.20. The van der Waals surface area contributed by atoms with Gasteiger partial charge in [0.2, 0.25) is 0 Å². The van der Waals surface area contributed by atoms with Crippen LogP contribution in [0.4, 0.5) is 0 Å². The molecular formula is C13H16O2. The van der Waals surface area contributed by atoms with Crippen molar-refractivity contribution in [3.63, 3.8) is 0 Å². The summed E-state index contributed by atoms with van der Waals surface area (Å²) < 4.78 is 0. The molecule has 0 aromatic heterocycles. The van der Waals surface area contributed by atoms with Crippen LogP contribution in [0.15, 0.2) is 30.3 Å². The topological polar surface area (TPSA) is 37.3 Å². The summed E-state index contributed by atoms with van der Waals surface area (Å²) in [5, 5.41) is 9.19. The van der Waals surface area contributed by atoms with Crippen LogP contribution in [0.25, 0.3) is 0 Å². The molecule has 0 amide bonds. The highest BCUT2D eigenvalue weighted by atomic mass is 16.4. The Morgan fingerprint density at radius 1 is 1.20 bits per heavy atom. The molecule has 2 rings (SSSR count). The molecule has 0 unspecified atom stereocenters. The molecule has 0 saturated heterocycles. The molecule has 1 saturated carbocycles. The Labute approximate surface area is 89.9 Å². The van der Waals surface area contributed by atoms with E-state index in [0.29, 0.717) is 0 Å². The van der Waals surface area contributed by atoms with Gasteiger partial charge in [-0.15, -0.1) is 0 Å². The number of carboxylic acid groups (broad SMARTS) is 1. The maximum Gasteiger partial charge on any atom is 0.307 e. The predicted octanol–water partition coefficient (Wildman–Crippen LogP) is 2.68. The Morgan fingerprint density at radius 3 is 2.13 bits per heavy atom. The number of rotatable bonds is 2. The lowest BCUT2D eigenvalue weighted by molar-refractivity contribution is -0.139. The van der Waals surface area contributed by atoms with Gasteiger partial charge in [0.25, 0.3) is 0 Å². The van der Waals surface area contributed by atoms with Crippen molar-refractivity contribution < 1.29 is 9.90 Å². The van der Waals surface area contributed by atoms with E-state index in [2.05, 4.69) is 0 Å². The van der Waals surface area contributed by atoms with Crippen LogP contribution >= 0.6 is 0 Å². The largest absolute Gasteiger partial charge is 0.481 e. The molecule has 2 heteroatoms. The van der Waals surface area contributed by atoms with Gasteiger partial charge in [-0.1, -0.05) is 51.1 Å². The molecule has 1 aliphatic carbocycles. The van der Waals surface area contributed by atoms with Gasteiger partial charge in [-0.3, -0.25) is 4.79 Å². The van der Waals surface area contributed by atoms with Crippen molar-refractivity contribution in [3.05, 3.63) is 35.9 Å². The van der Waals surface area contributed by atoms with Crippen molar-refractivity contribution in [1.82, 2.24) is 0 Å². The van der Waals surface area contributed by atoms with Crippen LogP contribution in [0.5, 0.6) is 0 Å². The van der Waals surface area contributed by atoms with Crippen molar-refractivity contribution >= 4 is 5.97 Å². The molecule has 15 heavy (non-hydrogen) atoms. The standard InChI is InChI=1S/C13H16O2/c1-12(2)10(11(14)15)13(12,3)9-7-5-4-6-8-9/h4-8,10H,1-3H3,(H,14,15)/t10-,13+/m1/s1. The second-order valence-electron chi connectivity index (χ2n) is 5.06. The summed E-state index contributed by atoms with van der Waals surface area (Å²) in [4.78, 5) is 11.2. The zero-order valence-electron chi connectivity index (χ0n) is 9.32. The average molecular weight is 204 g/mol. The lowest BCUT2D eigenvalue weighted by Gasteiger charge is -2.14. The van der Waals surface area contributed by atoms with Crippen LogP contribution in [0.3, 0.4) is 0 Å². The van der Waals surface area contributed by atoms with Crippen molar-refractivity contribution in [3.8, 4) is 0 Å². The van der Waals surface area contributed by atoms with E-state index < -0.39 is 5.97 Å². The zero-order valence-corrected chi connectivity index (χ0v) is 9.32. The molecular weight excluding hydrogens is 188 g/mol. The van der Waals surface area contributed by atoms with Crippen LogP contribution in [0.1, 0.15) is 26.3 Å². The van der Waals surface area contributed by atoms with Gasteiger partial charge in [0.05, 0.1) is 5.92 Å². The van der Waals surface area contributed by atoms with Crippen LogP contribution in [0.2, 0.25) is 0 Å². The van der Waals surface area contributed by atoms with E-state index in [9.17, 15) is 9.90 Å².